The fraction of sp³-hybridized carbons (Fsp3) is 0.875. The second-order valence-electron chi connectivity index (χ2n) is 15.2. The van der Waals surface area contributed by atoms with Crippen LogP contribution in [0.3, 0.4) is 0 Å². The van der Waals surface area contributed by atoms with Crippen molar-refractivity contribution in [1.29, 1.82) is 0 Å². The highest BCUT2D eigenvalue weighted by atomic mass is 32.2. The monoisotopic (exact) mass is 939 g/mol. The first-order chi connectivity index (χ1) is 31.7. The van der Waals surface area contributed by atoms with E-state index in [1.807, 2.05) is 0 Å². The maximum atomic E-state index is 12.0. The van der Waals surface area contributed by atoms with Gasteiger partial charge in [0, 0.05) is 6.61 Å². The summed E-state index contributed by atoms with van der Waals surface area (Å²) in [5, 5.41) is 0. The minimum atomic E-state index is -3.76. The first-order valence-electron chi connectivity index (χ1n) is 24.5. The van der Waals surface area contributed by atoms with Crippen molar-refractivity contribution >= 4 is 10.1 Å². The van der Waals surface area contributed by atoms with E-state index in [9.17, 15) is 8.42 Å². The molecule has 0 N–H and O–H groups in total. The van der Waals surface area contributed by atoms with E-state index in [2.05, 4.69) is 6.92 Å². The summed E-state index contributed by atoms with van der Waals surface area (Å²) >= 11 is 0. The fourth-order valence-electron chi connectivity index (χ4n) is 6.13. The van der Waals surface area contributed by atoms with Gasteiger partial charge in [0.05, 0.1) is 163 Å². The summed E-state index contributed by atoms with van der Waals surface area (Å²) in [6.07, 6.45) is 22.1. The highest BCUT2D eigenvalue weighted by molar-refractivity contribution is 7.86. The third-order valence-corrected chi connectivity index (χ3v) is 11.1. The van der Waals surface area contributed by atoms with Crippen molar-refractivity contribution in [3.05, 3.63) is 30.3 Å². The molecular formula is C48H90O15S. The van der Waals surface area contributed by atoms with Crippen LogP contribution < -0.4 is 0 Å². The number of unbranched alkanes of at least 4 members (excludes halogenated alkanes) is 15. The molecule has 378 valence electrons. The van der Waals surface area contributed by atoms with E-state index < -0.39 is 10.1 Å². The average molecular weight is 939 g/mol. The minimum absolute atomic E-state index is 0.0590. The molecule has 0 aliphatic rings. The molecule has 0 heterocycles. The van der Waals surface area contributed by atoms with E-state index in [1.54, 1.807) is 18.2 Å². The molecule has 1 aromatic rings. The molecule has 0 atom stereocenters. The molecule has 16 heteroatoms. The predicted octanol–water partition coefficient (Wildman–Crippen LogP) is 7.85. The van der Waals surface area contributed by atoms with Gasteiger partial charge >= 0.3 is 0 Å². The summed E-state index contributed by atoms with van der Waals surface area (Å²) in [6, 6.07) is 7.99. The smallest absolute Gasteiger partial charge is 0.297 e. The molecule has 1 rings (SSSR count). The molecule has 0 fully saturated rings. The Balaban J connectivity index is 1.62. The van der Waals surface area contributed by atoms with Gasteiger partial charge in [-0.2, -0.15) is 8.42 Å². The van der Waals surface area contributed by atoms with Crippen LogP contribution in [-0.2, 0) is 71.1 Å². The number of benzene rings is 1. The van der Waals surface area contributed by atoms with Crippen LogP contribution in [0, 0.1) is 0 Å². The van der Waals surface area contributed by atoms with Crippen LogP contribution in [-0.4, -0.2) is 174 Å². The Morgan fingerprint density at radius 2 is 0.500 bits per heavy atom. The lowest BCUT2D eigenvalue weighted by atomic mass is 10.0. The van der Waals surface area contributed by atoms with Gasteiger partial charge in [-0.15, -0.1) is 0 Å². The van der Waals surface area contributed by atoms with Gasteiger partial charge < -0.3 is 56.8 Å². The standard InChI is InChI=1S/C48H90O15S/c1-2-3-4-5-6-7-8-9-10-11-12-13-14-15-16-20-23-51-24-25-52-26-27-53-28-29-54-30-31-55-32-33-56-34-35-57-36-37-58-38-39-59-40-41-60-42-43-61-44-45-62-46-47-63-64(49,50)48-21-18-17-19-22-48/h17-19,21-22H,2-16,20,23-47H2,1H3. The van der Waals surface area contributed by atoms with Gasteiger partial charge in [-0.3, -0.25) is 4.18 Å². The molecule has 0 unspecified atom stereocenters. The van der Waals surface area contributed by atoms with E-state index in [-0.39, 0.29) is 18.1 Å². The molecule has 0 aliphatic carbocycles. The first-order valence-corrected chi connectivity index (χ1v) is 25.9. The molecule has 0 saturated heterocycles. The normalized spacial score (nSPS) is 11.9. The zero-order valence-electron chi connectivity index (χ0n) is 39.9. The Kier molecular flexibility index (Phi) is 48.4. The molecule has 64 heavy (non-hydrogen) atoms. The van der Waals surface area contributed by atoms with E-state index in [1.165, 1.54) is 108 Å². The van der Waals surface area contributed by atoms with Crippen LogP contribution in [0.15, 0.2) is 35.2 Å². The Hall–Kier alpha value is -1.35. The van der Waals surface area contributed by atoms with Gasteiger partial charge in [0.15, 0.2) is 0 Å². The highest BCUT2D eigenvalue weighted by Crippen LogP contribution is 2.14. The van der Waals surface area contributed by atoms with Crippen molar-refractivity contribution in [2.75, 3.05) is 165 Å². The van der Waals surface area contributed by atoms with Crippen molar-refractivity contribution in [2.24, 2.45) is 0 Å². The number of hydrogen-bond acceptors (Lipinski definition) is 15. The van der Waals surface area contributed by atoms with Crippen molar-refractivity contribution in [1.82, 2.24) is 0 Å². The van der Waals surface area contributed by atoms with Crippen LogP contribution in [0.25, 0.3) is 0 Å². The zero-order valence-corrected chi connectivity index (χ0v) is 40.7. The van der Waals surface area contributed by atoms with Gasteiger partial charge in [-0.25, -0.2) is 0 Å². The zero-order chi connectivity index (χ0) is 45.8. The third kappa shape index (κ3) is 45.8. The van der Waals surface area contributed by atoms with Crippen molar-refractivity contribution in [3.63, 3.8) is 0 Å². The Labute approximate surface area is 388 Å². The lowest BCUT2D eigenvalue weighted by Crippen LogP contribution is -2.16. The summed E-state index contributed by atoms with van der Waals surface area (Å²) in [5.74, 6) is 0. The van der Waals surface area contributed by atoms with Crippen molar-refractivity contribution in [2.45, 2.75) is 115 Å². The number of rotatable bonds is 55. The summed E-state index contributed by atoms with van der Waals surface area (Å²) in [7, 11) is -3.76. The molecule has 15 nitrogen and oxygen atoms in total. The van der Waals surface area contributed by atoms with Crippen molar-refractivity contribution < 1.29 is 69.4 Å². The molecule has 0 spiro atoms. The van der Waals surface area contributed by atoms with E-state index in [0.717, 1.165) is 13.0 Å². The predicted molar refractivity (Wildman–Crippen MR) is 249 cm³/mol. The molecule has 0 saturated carbocycles. The lowest BCUT2D eigenvalue weighted by Gasteiger charge is -2.09. The van der Waals surface area contributed by atoms with Gasteiger partial charge in [-0.05, 0) is 18.6 Å². The number of ether oxygens (including phenoxy) is 12. The summed E-state index contributed by atoms with van der Waals surface area (Å²) < 4.78 is 95.1. The van der Waals surface area contributed by atoms with E-state index in [4.69, 9.17) is 61.0 Å². The Morgan fingerprint density at radius 1 is 0.281 bits per heavy atom. The van der Waals surface area contributed by atoms with Crippen LogP contribution in [0.5, 0.6) is 0 Å². The quantitative estimate of drug-likeness (QED) is 0.0460. The second-order valence-corrected chi connectivity index (χ2v) is 16.9. The van der Waals surface area contributed by atoms with Crippen LogP contribution >= 0.6 is 0 Å². The molecule has 0 bridgehead atoms. The van der Waals surface area contributed by atoms with E-state index >= 15 is 0 Å². The molecule has 0 amide bonds. The SMILES string of the molecule is CCCCCCCCCCCCCCCCCCOCCOCCOCCOCCOCCOCCOCCOCCOCCOCCOCCOCCOS(=O)(=O)c1ccccc1. The molecule has 1 aromatic carbocycles. The maximum absolute atomic E-state index is 12.0. The molecule has 0 aliphatic heterocycles. The fourth-order valence-corrected chi connectivity index (χ4v) is 7.05. The van der Waals surface area contributed by atoms with Gasteiger partial charge in [0.1, 0.15) is 0 Å². The maximum Gasteiger partial charge on any atom is 0.297 e. The average Bonchev–Trinajstić information content (AvgIpc) is 3.30. The topological polar surface area (TPSA) is 154 Å². The van der Waals surface area contributed by atoms with Gasteiger partial charge in [0.2, 0.25) is 0 Å². The third-order valence-electron chi connectivity index (χ3n) is 9.73. The van der Waals surface area contributed by atoms with Crippen LogP contribution in [0.2, 0.25) is 0 Å². The molecule has 0 radical (unpaired) electrons. The van der Waals surface area contributed by atoms with Gasteiger partial charge in [0.25, 0.3) is 10.1 Å². The number of hydrogen-bond donors (Lipinski definition) is 0. The molecular weight excluding hydrogens is 849 g/mol. The summed E-state index contributed by atoms with van der Waals surface area (Å²) in [6.45, 7) is 14.0. The largest absolute Gasteiger partial charge is 0.379 e. The Bertz CT molecular complexity index is 1140. The van der Waals surface area contributed by atoms with Crippen LogP contribution in [0.4, 0.5) is 0 Å². The Morgan fingerprint density at radius 3 is 0.766 bits per heavy atom. The summed E-state index contributed by atoms with van der Waals surface area (Å²) in [5.41, 5.74) is 0. The molecule has 0 aromatic heterocycles. The minimum Gasteiger partial charge on any atom is -0.379 e. The van der Waals surface area contributed by atoms with E-state index in [0.29, 0.717) is 145 Å². The van der Waals surface area contributed by atoms with Gasteiger partial charge in [-0.1, -0.05) is 121 Å². The summed E-state index contributed by atoms with van der Waals surface area (Å²) in [4.78, 5) is 0.121. The lowest BCUT2D eigenvalue weighted by molar-refractivity contribution is -0.0285. The first kappa shape index (κ1) is 60.7. The van der Waals surface area contributed by atoms with Crippen molar-refractivity contribution in [3.8, 4) is 0 Å². The van der Waals surface area contributed by atoms with Crippen LogP contribution in [0.1, 0.15) is 110 Å². The highest BCUT2D eigenvalue weighted by Gasteiger charge is 2.13. The second kappa shape index (κ2) is 51.0.